The minimum atomic E-state index is -0.179. The van der Waals surface area contributed by atoms with Crippen molar-refractivity contribution < 1.29 is 4.79 Å². The van der Waals surface area contributed by atoms with Gasteiger partial charge in [0, 0.05) is 19.5 Å². The molecule has 0 atom stereocenters. The van der Waals surface area contributed by atoms with E-state index < -0.39 is 0 Å². The Labute approximate surface area is 177 Å². The highest BCUT2D eigenvalue weighted by atomic mass is 16.1. The van der Waals surface area contributed by atoms with Crippen molar-refractivity contribution in [3.8, 4) is 5.69 Å². The summed E-state index contributed by atoms with van der Waals surface area (Å²) in [4.78, 5) is 29.3. The van der Waals surface area contributed by atoms with Gasteiger partial charge in [0.1, 0.15) is 5.39 Å². The van der Waals surface area contributed by atoms with Gasteiger partial charge < -0.3 is 5.32 Å². The Kier molecular flexibility index (Phi) is 7.76. The summed E-state index contributed by atoms with van der Waals surface area (Å²) < 4.78 is 3.14. The summed E-state index contributed by atoms with van der Waals surface area (Å²) in [6.07, 6.45) is 10.5. The van der Waals surface area contributed by atoms with Crippen LogP contribution in [0.4, 0.5) is 0 Å². The molecule has 0 aliphatic rings. The molecule has 0 saturated carbocycles. The average Bonchev–Trinajstić information content (AvgIpc) is 3.18. The molecular formula is C23H31N5O2. The van der Waals surface area contributed by atoms with Crippen LogP contribution in [0.25, 0.3) is 16.7 Å². The van der Waals surface area contributed by atoms with E-state index in [2.05, 4.69) is 22.3 Å². The van der Waals surface area contributed by atoms with E-state index >= 15 is 0 Å². The first-order chi connectivity index (χ1) is 14.6. The van der Waals surface area contributed by atoms with Crippen molar-refractivity contribution in [3.63, 3.8) is 0 Å². The molecule has 0 saturated heterocycles. The number of amides is 1. The van der Waals surface area contributed by atoms with Crippen LogP contribution in [-0.4, -0.2) is 31.8 Å². The largest absolute Gasteiger partial charge is 0.356 e. The van der Waals surface area contributed by atoms with Gasteiger partial charge >= 0.3 is 0 Å². The molecule has 7 nitrogen and oxygen atoms in total. The van der Waals surface area contributed by atoms with E-state index in [0.29, 0.717) is 24.1 Å². The number of carbonyl (C=O) groups is 1. The zero-order chi connectivity index (χ0) is 21.3. The van der Waals surface area contributed by atoms with E-state index in [-0.39, 0.29) is 17.9 Å². The smallest absolute Gasteiger partial charge is 0.264 e. The van der Waals surface area contributed by atoms with E-state index in [9.17, 15) is 9.59 Å². The van der Waals surface area contributed by atoms with Crippen molar-refractivity contribution >= 4 is 16.9 Å². The summed E-state index contributed by atoms with van der Waals surface area (Å²) in [5, 5.41) is 7.72. The third kappa shape index (κ3) is 5.55. The molecule has 2 aromatic heterocycles. The van der Waals surface area contributed by atoms with Gasteiger partial charge in [-0.3, -0.25) is 14.2 Å². The number of nitrogens with zero attached hydrogens (tertiary/aromatic N) is 4. The summed E-state index contributed by atoms with van der Waals surface area (Å²) in [6.45, 7) is 5.22. The first kappa shape index (κ1) is 21.7. The minimum absolute atomic E-state index is 0.0362. The second-order valence-electron chi connectivity index (χ2n) is 7.74. The van der Waals surface area contributed by atoms with E-state index in [0.717, 1.165) is 24.1 Å². The molecule has 0 fully saturated rings. The lowest BCUT2D eigenvalue weighted by Gasteiger charge is -2.08. The van der Waals surface area contributed by atoms with Crippen LogP contribution < -0.4 is 10.9 Å². The normalized spacial score (nSPS) is 11.1. The molecule has 2 heterocycles. The SMILES string of the molecule is CCCCCCCCNC(=O)CCn1cnc2c(cnn2-c2ccc(C)cc2)c1=O. The maximum Gasteiger partial charge on any atom is 0.264 e. The Hall–Kier alpha value is -2.96. The molecule has 1 aromatic carbocycles. The van der Waals surface area contributed by atoms with E-state index in [1.807, 2.05) is 31.2 Å². The molecule has 3 rings (SSSR count). The molecule has 1 N–H and O–H groups in total. The third-order valence-electron chi connectivity index (χ3n) is 5.27. The van der Waals surface area contributed by atoms with Crippen molar-refractivity contribution in [2.75, 3.05) is 6.54 Å². The molecule has 30 heavy (non-hydrogen) atoms. The monoisotopic (exact) mass is 409 g/mol. The number of aryl methyl sites for hydroxylation is 2. The highest BCUT2D eigenvalue weighted by molar-refractivity contribution is 5.76. The predicted molar refractivity (Wildman–Crippen MR) is 119 cm³/mol. The lowest BCUT2D eigenvalue weighted by molar-refractivity contribution is -0.121. The number of benzene rings is 1. The molecule has 0 bridgehead atoms. The van der Waals surface area contributed by atoms with Crippen LogP contribution in [-0.2, 0) is 11.3 Å². The van der Waals surface area contributed by atoms with Gasteiger partial charge in [-0.25, -0.2) is 9.67 Å². The molecule has 160 valence electrons. The van der Waals surface area contributed by atoms with Gasteiger partial charge in [-0.1, -0.05) is 56.7 Å². The standard InChI is InChI=1S/C23H31N5O2/c1-3-4-5-6-7-8-14-24-21(29)13-15-27-17-25-22-20(23(27)30)16-26-28(22)19-11-9-18(2)10-12-19/h9-12,16-17H,3-8,13-15H2,1-2H3,(H,24,29). The number of carbonyl (C=O) groups excluding carboxylic acids is 1. The minimum Gasteiger partial charge on any atom is -0.356 e. The maximum atomic E-state index is 12.8. The van der Waals surface area contributed by atoms with Crippen LogP contribution in [0.1, 0.15) is 57.4 Å². The van der Waals surface area contributed by atoms with Gasteiger partial charge in [0.2, 0.25) is 5.91 Å². The van der Waals surface area contributed by atoms with Crippen molar-refractivity contribution in [1.29, 1.82) is 0 Å². The van der Waals surface area contributed by atoms with Crippen molar-refractivity contribution in [2.45, 2.75) is 65.3 Å². The number of hydrogen-bond donors (Lipinski definition) is 1. The van der Waals surface area contributed by atoms with Crippen LogP contribution in [0.3, 0.4) is 0 Å². The Morgan fingerprint density at radius 1 is 1.07 bits per heavy atom. The first-order valence-corrected chi connectivity index (χ1v) is 10.9. The fraction of sp³-hybridized carbons (Fsp3) is 0.478. The second-order valence-corrected chi connectivity index (χ2v) is 7.74. The number of rotatable bonds is 11. The number of aromatic nitrogens is 4. The molecule has 0 unspecified atom stereocenters. The molecule has 1 amide bonds. The summed E-state index contributed by atoms with van der Waals surface area (Å²) in [5.41, 5.74) is 2.35. The highest BCUT2D eigenvalue weighted by Gasteiger charge is 2.12. The number of hydrogen-bond acceptors (Lipinski definition) is 4. The highest BCUT2D eigenvalue weighted by Crippen LogP contribution is 2.14. The summed E-state index contributed by atoms with van der Waals surface area (Å²) in [7, 11) is 0. The average molecular weight is 410 g/mol. The number of fused-ring (bicyclic) bond motifs is 1. The van der Waals surface area contributed by atoms with Gasteiger partial charge in [-0.05, 0) is 25.5 Å². The topological polar surface area (TPSA) is 81.8 Å². The Bertz CT molecular complexity index is 1020. The van der Waals surface area contributed by atoms with Gasteiger partial charge in [0.05, 0.1) is 18.2 Å². The lowest BCUT2D eigenvalue weighted by Crippen LogP contribution is -2.28. The van der Waals surface area contributed by atoms with E-state index in [1.165, 1.54) is 36.6 Å². The molecule has 0 aliphatic carbocycles. The fourth-order valence-corrected chi connectivity index (χ4v) is 3.43. The Balaban J connectivity index is 1.54. The first-order valence-electron chi connectivity index (χ1n) is 10.9. The predicted octanol–water partition coefficient (Wildman–Crippen LogP) is 3.76. The molecule has 3 aromatic rings. The van der Waals surface area contributed by atoms with E-state index in [1.54, 1.807) is 10.9 Å². The van der Waals surface area contributed by atoms with Crippen LogP contribution >= 0.6 is 0 Å². The fourth-order valence-electron chi connectivity index (χ4n) is 3.43. The molecule has 0 radical (unpaired) electrons. The van der Waals surface area contributed by atoms with Crippen molar-refractivity contribution in [3.05, 3.63) is 52.7 Å². The lowest BCUT2D eigenvalue weighted by atomic mass is 10.1. The third-order valence-corrected chi connectivity index (χ3v) is 5.27. The summed E-state index contributed by atoms with van der Waals surface area (Å²) in [6, 6.07) is 7.88. The zero-order valence-corrected chi connectivity index (χ0v) is 17.9. The van der Waals surface area contributed by atoms with Gasteiger partial charge in [0.15, 0.2) is 5.65 Å². The van der Waals surface area contributed by atoms with E-state index in [4.69, 9.17) is 0 Å². The van der Waals surface area contributed by atoms with Crippen molar-refractivity contribution in [2.24, 2.45) is 0 Å². The molecule has 7 heteroatoms. The quantitative estimate of drug-likeness (QED) is 0.489. The van der Waals surface area contributed by atoms with Crippen LogP contribution in [0.15, 0.2) is 41.6 Å². The summed E-state index contributed by atoms with van der Waals surface area (Å²) in [5.74, 6) is -0.0362. The molecular weight excluding hydrogens is 378 g/mol. The number of nitrogens with one attached hydrogen (secondary N) is 1. The van der Waals surface area contributed by atoms with Gasteiger partial charge in [-0.2, -0.15) is 5.10 Å². The van der Waals surface area contributed by atoms with Crippen LogP contribution in [0.2, 0.25) is 0 Å². The van der Waals surface area contributed by atoms with Gasteiger partial charge in [-0.15, -0.1) is 0 Å². The van der Waals surface area contributed by atoms with Crippen LogP contribution in [0.5, 0.6) is 0 Å². The molecule has 0 spiro atoms. The molecule has 0 aliphatic heterocycles. The summed E-state index contributed by atoms with van der Waals surface area (Å²) >= 11 is 0. The maximum absolute atomic E-state index is 12.8. The zero-order valence-electron chi connectivity index (χ0n) is 17.9. The Morgan fingerprint density at radius 3 is 2.57 bits per heavy atom. The van der Waals surface area contributed by atoms with Gasteiger partial charge in [0.25, 0.3) is 5.56 Å². The van der Waals surface area contributed by atoms with Crippen LogP contribution in [0, 0.1) is 6.92 Å². The van der Waals surface area contributed by atoms with Crippen molar-refractivity contribution in [1.82, 2.24) is 24.6 Å². The Morgan fingerprint density at radius 2 is 1.80 bits per heavy atom. The number of unbranched alkanes of at least 4 members (excludes halogenated alkanes) is 5. The second kappa shape index (κ2) is 10.7.